The summed E-state index contributed by atoms with van der Waals surface area (Å²) in [5, 5.41) is 3.68. The molecule has 1 aliphatic rings. The van der Waals surface area contributed by atoms with Gasteiger partial charge in [0, 0.05) is 12.6 Å². The number of hydrogen-bond acceptors (Lipinski definition) is 1. The van der Waals surface area contributed by atoms with Crippen LogP contribution in [0.25, 0.3) is 0 Å². The highest BCUT2D eigenvalue weighted by Gasteiger charge is 2.19. The van der Waals surface area contributed by atoms with E-state index in [4.69, 9.17) is 0 Å². The maximum Gasteiger partial charge on any atom is 0.00416 e. The minimum Gasteiger partial charge on any atom is -0.314 e. The second kappa shape index (κ2) is 6.20. The third-order valence-corrected chi connectivity index (χ3v) is 4.05. The average molecular weight is 231 g/mol. The van der Waals surface area contributed by atoms with E-state index < -0.39 is 0 Å². The zero-order valence-electron chi connectivity index (χ0n) is 11.2. The molecule has 1 aromatic rings. The summed E-state index contributed by atoms with van der Waals surface area (Å²) in [6.07, 6.45) is 5.74. The van der Waals surface area contributed by atoms with E-state index in [0.717, 1.165) is 12.5 Å². The lowest BCUT2D eigenvalue weighted by molar-refractivity contribution is 0.265. The van der Waals surface area contributed by atoms with E-state index >= 15 is 0 Å². The molecule has 94 valence electrons. The molecule has 1 nitrogen and oxygen atoms in total. The maximum absolute atomic E-state index is 3.68. The Morgan fingerprint density at radius 3 is 2.47 bits per heavy atom. The van der Waals surface area contributed by atoms with Gasteiger partial charge in [-0.25, -0.2) is 0 Å². The van der Waals surface area contributed by atoms with Crippen molar-refractivity contribution < 1.29 is 0 Å². The summed E-state index contributed by atoms with van der Waals surface area (Å²) in [6.45, 7) is 5.73. The van der Waals surface area contributed by atoms with E-state index in [1.807, 2.05) is 0 Å². The first-order valence-corrected chi connectivity index (χ1v) is 7.04. The SMILES string of the molecule is CC(CC1CCC1)NCC(C)c1ccccc1. The molecule has 2 atom stereocenters. The second-order valence-electron chi connectivity index (χ2n) is 5.65. The predicted molar refractivity (Wildman–Crippen MR) is 74.3 cm³/mol. The highest BCUT2D eigenvalue weighted by atomic mass is 14.9. The van der Waals surface area contributed by atoms with Crippen LogP contribution in [0.15, 0.2) is 30.3 Å². The van der Waals surface area contributed by atoms with Crippen LogP contribution in [0.1, 0.15) is 51.0 Å². The van der Waals surface area contributed by atoms with Crippen LogP contribution in [0.4, 0.5) is 0 Å². The van der Waals surface area contributed by atoms with E-state index in [0.29, 0.717) is 12.0 Å². The minimum atomic E-state index is 0.611. The van der Waals surface area contributed by atoms with Crippen LogP contribution in [-0.4, -0.2) is 12.6 Å². The van der Waals surface area contributed by atoms with Gasteiger partial charge in [0.05, 0.1) is 0 Å². The van der Waals surface area contributed by atoms with Crippen LogP contribution in [0.5, 0.6) is 0 Å². The van der Waals surface area contributed by atoms with Crippen LogP contribution in [-0.2, 0) is 0 Å². The standard InChI is InChI=1S/C16H25N/c1-13(16-9-4-3-5-10-16)12-17-14(2)11-15-7-6-8-15/h3-5,9-10,13-15,17H,6-8,11-12H2,1-2H3. The third kappa shape index (κ3) is 3.85. The highest BCUT2D eigenvalue weighted by Crippen LogP contribution is 2.30. The molecule has 0 amide bonds. The van der Waals surface area contributed by atoms with Crippen molar-refractivity contribution in [3.63, 3.8) is 0 Å². The van der Waals surface area contributed by atoms with Gasteiger partial charge in [0.2, 0.25) is 0 Å². The molecule has 1 aliphatic carbocycles. The van der Waals surface area contributed by atoms with E-state index in [1.54, 1.807) is 0 Å². The number of rotatable bonds is 6. The van der Waals surface area contributed by atoms with Crippen LogP contribution in [0, 0.1) is 5.92 Å². The summed E-state index contributed by atoms with van der Waals surface area (Å²) in [5.41, 5.74) is 1.44. The summed E-state index contributed by atoms with van der Waals surface area (Å²) in [7, 11) is 0. The van der Waals surface area contributed by atoms with Crippen molar-refractivity contribution in [1.29, 1.82) is 0 Å². The number of hydrogen-bond donors (Lipinski definition) is 1. The monoisotopic (exact) mass is 231 g/mol. The average Bonchev–Trinajstić information content (AvgIpc) is 2.32. The fourth-order valence-electron chi connectivity index (χ4n) is 2.59. The van der Waals surface area contributed by atoms with Gasteiger partial charge in [0.25, 0.3) is 0 Å². The minimum absolute atomic E-state index is 0.611. The summed E-state index contributed by atoms with van der Waals surface area (Å²) in [4.78, 5) is 0. The van der Waals surface area contributed by atoms with E-state index in [2.05, 4.69) is 49.5 Å². The van der Waals surface area contributed by atoms with Gasteiger partial charge in [0.1, 0.15) is 0 Å². The smallest absolute Gasteiger partial charge is 0.00416 e. The Balaban J connectivity index is 1.70. The molecule has 2 rings (SSSR count). The van der Waals surface area contributed by atoms with Crippen molar-refractivity contribution in [2.75, 3.05) is 6.54 Å². The van der Waals surface area contributed by atoms with Gasteiger partial charge < -0.3 is 5.32 Å². The van der Waals surface area contributed by atoms with Crippen LogP contribution >= 0.6 is 0 Å². The molecule has 0 aliphatic heterocycles. The zero-order valence-corrected chi connectivity index (χ0v) is 11.2. The molecule has 1 heteroatoms. The highest BCUT2D eigenvalue weighted by molar-refractivity contribution is 5.18. The topological polar surface area (TPSA) is 12.0 Å². The molecule has 1 fully saturated rings. The lowest BCUT2D eigenvalue weighted by atomic mass is 9.81. The molecule has 1 aromatic carbocycles. The molecule has 1 N–H and O–H groups in total. The van der Waals surface area contributed by atoms with Crippen molar-refractivity contribution in [2.24, 2.45) is 5.92 Å². The normalized spacial score (nSPS) is 19.6. The summed E-state index contributed by atoms with van der Waals surface area (Å²) in [5.74, 6) is 1.62. The fourth-order valence-corrected chi connectivity index (χ4v) is 2.59. The molecule has 17 heavy (non-hydrogen) atoms. The molecule has 0 saturated heterocycles. The second-order valence-corrected chi connectivity index (χ2v) is 5.65. The first-order valence-electron chi connectivity index (χ1n) is 7.04. The Hall–Kier alpha value is -0.820. The van der Waals surface area contributed by atoms with Crippen LogP contribution in [0.3, 0.4) is 0 Å². The Kier molecular flexibility index (Phi) is 4.61. The van der Waals surface area contributed by atoms with Gasteiger partial charge >= 0.3 is 0 Å². The first-order chi connectivity index (χ1) is 8.25. The fraction of sp³-hybridized carbons (Fsp3) is 0.625. The van der Waals surface area contributed by atoms with Crippen LogP contribution < -0.4 is 5.32 Å². The molecule has 1 saturated carbocycles. The van der Waals surface area contributed by atoms with E-state index in [9.17, 15) is 0 Å². The van der Waals surface area contributed by atoms with Gasteiger partial charge in [-0.15, -0.1) is 0 Å². The summed E-state index contributed by atoms with van der Waals surface area (Å²) < 4.78 is 0. The summed E-state index contributed by atoms with van der Waals surface area (Å²) >= 11 is 0. The van der Waals surface area contributed by atoms with Crippen molar-refractivity contribution in [2.45, 2.75) is 51.5 Å². The zero-order chi connectivity index (χ0) is 12.1. The molecule has 0 radical (unpaired) electrons. The Labute approximate surface area is 106 Å². The van der Waals surface area contributed by atoms with Gasteiger partial charge in [-0.1, -0.05) is 56.5 Å². The summed E-state index contributed by atoms with van der Waals surface area (Å²) in [6, 6.07) is 11.5. The van der Waals surface area contributed by atoms with Crippen molar-refractivity contribution in [1.82, 2.24) is 5.32 Å². The molecular weight excluding hydrogens is 206 g/mol. The molecule has 0 bridgehead atoms. The quantitative estimate of drug-likeness (QED) is 0.781. The first kappa shape index (κ1) is 12.6. The van der Waals surface area contributed by atoms with Gasteiger partial charge in [-0.3, -0.25) is 0 Å². The van der Waals surface area contributed by atoms with E-state index in [-0.39, 0.29) is 0 Å². The predicted octanol–water partition coefficient (Wildman–Crippen LogP) is 3.96. The lowest BCUT2D eigenvalue weighted by Gasteiger charge is -2.29. The molecule has 0 spiro atoms. The Morgan fingerprint density at radius 1 is 1.18 bits per heavy atom. The van der Waals surface area contributed by atoms with Gasteiger partial charge in [-0.05, 0) is 30.7 Å². The van der Waals surface area contributed by atoms with Crippen molar-refractivity contribution in [3.8, 4) is 0 Å². The number of benzene rings is 1. The third-order valence-electron chi connectivity index (χ3n) is 4.05. The van der Waals surface area contributed by atoms with Crippen molar-refractivity contribution in [3.05, 3.63) is 35.9 Å². The van der Waals surface area contributed by atoms with Crippen LogP contribution in [0.2, 0.25) is 0 Å². The molecule has 0 aromatic heterocycles. The largest absolute Gasteiger partial charge is 0.314 e. The van der Waals surface area contributed by atoms with Gasteiger partial charge in [0.15, 0.2) is 0 Å². The molecular formula is C16H25N. The van der Waals surface area contributed by atoms with Crippen molar-refractivity contribution >= 4 is 0 Å². The maximum atomic E-state index is 3.68. The molecule has 0 heterocycles. The molecule has 2 unspecified atom stereocenters. The lowest BCUT2D eigenvalue weighted by Crippen LogP contribution is -2.32. The van der Waals surface area contributed by atoms with Gasteiger partial charge in [-0.2, -0.15) is 0 Å². The number of nitrogens with one attached hydrogen (secondary N) is 1. The Bertz CT molecular complexity index is 316. The Morgan fingerprint density at radius 2 is 1.88 bits per heavy atom. The van der Waals surface area contributed by atoms with E-state index in [1.165, 1.54) is 31.2 Å².